The van der Waals surface area contributed by atoms with E-state index in [-0.39, 0.29) is 0 Å². The van der Waals surface area contributed by atoms with Gasteiger partial charge in [-0.3, -0.25) is 9.59 Å². The molecule has 0 heterocycles. The van der Waals surface area contributed by atoms with E-state index in [1.807, 2.05) is 6.92 Å². The molecule has 0 aliphatic rings. The molecular formula is C17H15Cl2N3O3. The summed E-state index contributed by atoms with van der Waals surface area (Å²) in [6, 6.07) is 11.6. The molecule has 0 bridgehead atoms. The summed E-state index contributed by atoms with van der Waals surface area (Å²) in [6.07, 6.45) is 1.41. The van der Waals surface area contributed by atoms with Crippen LogP contribution in [0.2, 0.25) is 10.0 Å². The average molecular weight is 380 g/mol. The molecule has 2 rings (SSSR count). The summed E-state index contributed by atoms with van der Waals surface area (Å²) in [6.45, 7) is 2.48. The van der Waals surface area contributed by atoms with Crippen molar-refractivity contribution in [1.82, 2.24) is 5.43 Å². The van der Waals surface area contributed by atoms with Crippen LogP contribution in [0.1, 0.15) is 12.5 Å². The van der Waals surface area contributed by atoms with Gasteiger partial charge in [-0.15, -0.1) is 0 Å². The number of rotatable bonds is 5. The van der Waals surface area contributed by atoms with Crippen LogP contribution in [0.3, 0.4) is 0 Å². The average Bonchev–Trinajstić information content (AvgIpc) is 2.55. The molecule has 8 heteroatoms. The third kappa shape index (κ3) is 6.10. The van der Waals surface area contributed by atoms with Crippen molar-refractivity contribution in [3.63, 3.8) is 0 Å². The summed E-state index contributed by atoms with van der Waals surface area (Å²) in [4.78, 5) is 23.5. The van der Waals surface area contributed by atoms with E-state index in [2.05, 4.69) is 15.8 Å². The lowest BCUT2D eigenvalue weighted by atomic mass is 10.2. The first-order valence-electron chi connectivity index (χ1n) is 7.31. The highest BCUT2D eigenvalue weighted by molar-refractivity contribution is 6.40. The molecule has 130 valence electrons. The van der Waals surface area contributed by atoms with Gasteiger partial charge >= 0.3 is 11.8 Å². The molecule has 0 unspecified atom stereocenters. The molecular weight excluding hydrogens is 365 g/mol. The first-order chi connectivity index (χ1) is 12.0. The topological polar surface area (TPSA) is 79.8 Å². The fraction of sp³-hybridized carbons (Fsp3) is 0.118. The highest BCUT2D eigenvalue weighted by Crippen LogP contribution is 2.22. The molecule has 2 aromatic rings. The molecule has 2 amide bonds. The molecule has 0 fully saturated rings. The first-order valence-corrected chi connectivity index (χ1v) is 8.07. The molecule has 0 atom stereocenters. The van der Waals surface area contributed by atoms with Crippen LogP contribution in [0.5, 0.6) is 5.75 Å². The summed E-state index contributed by atoms with van der Waals surface area (Å²) in [5, 5.41) is 6.81. The SMILES string of the molecule is CCOc1ccc(/C=N\NC(=O)C(=O)Nc2cc(Cl)cc(Cl)c2)cc1. The quantitative estimate of drug-likeness (QED) is 0.474. The summed E-state index contributed by atoms with van der Waals surface area (Å²) in [5.41, 5.74) is 3.20. The Kier molecular flexibility index (Phi) is 6.80. The van der Waals surface area contributed by atoms with E-state index in [1.165, 1.54) is 24.4 Å². The number of carbonyl (C=O) groups is 2. The van der Waals surface area contributed by atoms with Gasteiger partial charge < -0.3 is 10.1 Å². The van der Waals surface area contributed by atoms with Crippen molar-refractivity contribution in [1.29, 1.82) is 0 Å². The van der Waals surface area contributed by atoms with Gasteiger partial charge in [0.15, 0.2) is 0 Å². The maximum Gasteiger partial charge on any atom is 0.329 e. The lowest BCUT2D eigenvalue weighted by Crippen LogP contribution is -2.32. The van der Waals surface area contributed by atoms with Crippen molar-refractivity contribution in [2.75, 3.05) is 11.9 Å². The van der Waals surface area contributed by atoms with Crippen LogP contribution < -0.4 is 15.5 Å². The van der Waals surface area contributed by atoms with Gasteiger partial charge in [0.1, 0.15) is 5.75 Å². The smallest absolute Gasteiger partial charge is 0.329 e. The van der Waals surface area contributed by atoms with E-state index in [1.54, 1.807) is 24.3 Å². The number of amides is 2. The standard InChI is InChI=1S/C17H15Cl2N3O3/c1-2-25-15-5-3-11(4-6-15)10-20-22-17(24)16(23)21-14-8-12(18)7-13(19)9-14/h3-10H,2H2,1H3,(H,21,23)(H,22,24)/b20-10-. The predicted octanol–water partition coefficient (Wildman–Crippen LogP) is 3.48. The van der Waals surface area contributed by atoms with Gasteiger partial charge in [0.2, 0.25) is 0 Å². The van der Waals surface area contributed by atoms with Gasteiger partial charge in [-0.25, -0.2) is 5.43 Å². The molecule has 0 aromatic heterocycles. The summed E-state index contributed by atoms with van der Waals surface area (Å²) < 4.78 is 5.32. The number of nitrogens with one attached hydrogen (secondary N) is 2. The largest absolute Gasteiger partial charge is 0.494 e. The monoisotopic (exact) mass is 379 g/mol. The molecule has 0 aliphatic carbocycles. The van der Waals surface area contributed by atoms with Gasteiger partial charge in [-0.05, 0) is 55.0 Å². The van der Waals surface area contributed by atoms with Crippen LogP contribution in [0, 0.1) is 0 Å². The summed E-state index contributed by atoms with van der Waals surface area (Å²) in [7, 11) is 0. The Hall–Kier alpha value is -2.57. The number of ether oxygens (including phenoxy) is 1. The lowest BCUT2D eigenvalue weighted by molar-refractivity contribution is -0.136. The minimum atomic E-state index is -0.918. The van der Waals surface area contributed by atoms with Crippen molar-refractivity contribution in [3.05, 3.63) is 58.1 Å². The molecule has 6 nitrogen and oxygen atoms in total. The molecule has 0 aliphatic heterocycles. The zero-order valence-corrected chi connectivity index (χ0v) is 14.8. The number of hydrogen-bond acceptors (Lipinski definition) is 4. The Morgan fingerprint density at radius 3 is 2.32 bits per heavy atom. The Bertz CT molecular complexity index is 772. The summed E-state index contributed by atoms with van der Waals surface area (Å²) >= 11 is 11.7. The maximum absolute atomic E-state index is 11.8. The zero-order valence-electron chi connectivity index (χ0n) is 13.3. The van der Waals surface area contributed by atoms with Crippen LogP contribution in [0.15, 0.2) is 47.6 Å². The van der Waals surface area contributed by atoms with E-state index >= 15 is 0 Å². The zero-order chi connectivity index (χ0) is 18.2. The maximum atomic E-state index is 11.8. The Morgan fingerprint density at radius 2 is 1.72 bits per heavy atom. The number of anilines is 1. The van der Waals surface area contributed by atoms with Gasteiger partial charge in [-0.1, -0.05) is 23.2 Å². The predicted molar refractivity (Wildman–Crippen MR) is 98.4 cm³/mol. The second-order valence-corrected chi connectivity index (χ2v) is 5.69. The second kappa shape index (κ2) is 9.05. The number of nitrogens with zero attached hydrogens (tertiary/aromatic N) is 1. The Morgan fingerprint density at radius 1 is 1.08 bits per heavy atom. The number of hydrogen-bond donors (Lipinski definition) is 2. The molecule has 0 spiro atoms. The Labute approximate surface area is 154 Å². The molecule has 25 heavy (non-hydrogen) atoms. The number of hydrazone groups is 1. The van der Waals surface area contributed by atoms with Crippen LogP contribution in [0.4, 0.5) is 5.69 Å². The minimum Gasteiger partial charge on any atom is -0.494 e. The van der Waals surface area contributed by atoms with Gasteiger partial charge in [-0.2, -0.15) is 5.10 Å². The third-order valence-electron chi connectivity index (χ3n) is 2.90. The number of benzene rings is 2. The van der Waals surface area contributed by atoms with Crippen molar-refractivity contribution < 1.29 is 14.3 Å². The van der Waals surface area contributed by atoms with E-state index in [0.29, 0.717) is 22.3 Å². The second-order valence-electron chi connectivity index (χ2n) is 4.81. The molecule has 2 aromatic carbocycles. The first kappa shape index (κ1) is 18.8. The number of halogens is 2. The van der Waals surface area contributed by atoms with Crippen molar-refractivity contribution in [2.45, 2.75) is 6.92 Å². The van der Waals surface area contributed by atoms with E-state index in [0.717, 1.165) is 11.3 Å². The van der Waals surface area contributed by atoms with Crippen LogP contribution in [-0.2, 0) is 9.59 Å². The lowest BCUT2D eigenvalue weighted by Gasteiger charge is -2.05. The third-order valence-corrected chi connectivity index (χ3v) is 3.33. The van der Waals surface area contributed by atoms with E-state index in [4.69, 9.17) is 27.9 Å². The highest BCUT2D eigenvalue weighted by atomic mass is 35.5. The van der Waals surface area contributed by atoms with Crippen molar-refractivity contribution >= 4 is 46.9 Å². The normalized spacial score (nSPS) is 10.5. The molecule has 0 radical (unpaired) electrons. The van der Waals surface area contributed by atoms with Crippen LogP contribution >= 0.6 is 23.2 Å². The molecule has 0 saturated carbocycles. The van der Waals surface area contributed by atoms with E-state index < -0.39 is 11.8 Å². The molecule has 0 saturated heterocycles. The summed E-state index contributed by atoms with van der Waals surface area (Å²) in [5.74, 6) is -1.07. The van der Waals surface area contributed by atoms with Crippen molar-refractivity contribution in [2.24, 2.45) is 5.10 Å². The van der Waals surface area contributed by atoms with Crippen molar-refractivity contribution in [3.8, 4) is 5.75 Å². The minimum absolute atomic E-state index is 0.313. The fourth-order valence-electron chi connectivity index (χ4n) is 1.85. The van der Waals surface area contributed by atoms with Gasteiger partial charge in [0.05, 0.1) is 12.8 Å². The van der Waals surface area contributed by atoms with Crippen LogP contribution in [-0.4, -0.2) is 24.6 Å². The van der Waals surface area contributed by atoms with Gasteiger partial charge in [0, 0.05) is 15.7 Å². The fourth-order valence-corrected chi connectivity index (χ4v) is 2.37. The van der Waals surface area contributed by atoms with Gasteiger partial charge in [0.25, 0.3) is 0 Å². The Balaban J connectivity index is 1.89. The number of carbonyl (C=O) groups excluding carboxylic acids is 2. The molecule has 2 N–H and O–H groups in total. The highest BCUT2D eigenvalue weighted by Gasteiger charge is 2.13. The van der Waals surface area contributed by atoms with E-state index in [9.17, 15) is 9.59 Å². The van der Waals surface area contributed by atoms with Crippen LogP contribution in [0.25, 0.3) is 0 Å².